The van der Waals surface area contributed by atoms with E-state index >= 15 is 0 Å². The van der Waals surface area contributed by atoms with Crippen molar-refractivity contribution in [3.63, 3.8) is 0 Å². The molecule has 1 N–H and O–H groups in total. The van der Waals surface area contributed by atoms with Gasteiger partial charge in [-0.15, -0.1) is 0 Å². The molecule has 0 radical (unpaired) electrons. The third kappa shape index (κ3) is 5.24. The van der Waals surface area contributed by atoms with E-state index in [4.69, 9.17) is 14.6 Å². The second-order valence-electron chi connectivity index (χ2n) is 4.37. The van der Waals surface area contributed by atoms with Gasteiger partial charge in [-0.3, -0.25) is 4.90 Å². The van der Waals surface area contributed by atoms with Gasteiger partial charge in [0.25, 0.3) is 0 Å². The molecule has 0 bridgehead atoms. The third-order valence-electron chi connectivity index (χ3n) is 2.92. The number of ether oxygens (including phenoxy) is 2. The molecule has 0 heterocycles. The standard InChI is InChI=1S/C14H20FNO4/c1-19-7-5-16(6-8-20-2)10-11-3-4-12(15)9-13(11)14(17)18/h3-4,9H,5-8,10H2,1-2H3,(H,17,18). The van der Waals surface area contributed by atoms with Crippen LogP contribution in [0.5, 0.6) is 0 Å². The first-order chi connectivity index (χ1) is 9.58. The van der Waals surface area contributed by atoms with Gasteiger partial charge in [-0.05, 0) is 17.7 Å². The van der Waals surface area contributed by atoms with Gasteiger partial charge >= 0.3 is 5.97 Å². The summed E-state index contributed by atoms with van der Waals surface area (Å²) in [5.74, 6) is -1.68. The van der Waals surface area contributed by atoms with E-state index in [2.05, 4.69) is 0 Å². The Hall–Kier alpha value is -1.50. The summed E-state index contributed by atoms with van der Waals surface area (Å²) in [6, 6.07) is 3.82. The predicted molar refractivity (Wildman–Crippen MR) is 72.4 cm³/mol. The smallest absolute Gasteiger partial charge is 0.336 e. The van der Waals surface area contributed by atoms with Crippen LogP contribution in [0.1, 0.15) is 15.9 Å². The Labute approximate surface area is 117 Å². The molecule has 5 nitrogen and oxygen atoms in total. The number of aromatic carboxylic acids is 1. The topological polar surface area (TPSA) is 59.0 Å². The zero-order valence-corrected chi connectivity index (χ0v) is 11.8. The van der Waals surface area contributed by atoms with Crippen LogP contribution in [-0.2, 0) is 16.0 Å². The molecule has 0 aromatic heterocycles. The molecule has 0 fully saturated rings. The van der Waals surface area contributed by atoms with Gasteiger partial charge in [0.05, 0.1) is 18.8 Å². The molecule has 112 valence electrons. The lowest BCUT2D eigenvalue weighted by molar-refractivity contribution is 0.0692. The SMILES string of the molecule is COCCN(CCOC)Cc1ccc(F)cc1C(=O)O. The van der Waals surface area contributed by atoms with Crippen LogP contribution in [0.4, 0.5) is 4.39 Å². The lowest BCUT2D eigenvalue weighted by Gasteiger charge is -2.22. The molecule has 0 aliphatic heterocycles. The normalized spacial score (nSPS) is 11.0. The highest BCUT2D eigenvalue weighted by atomic mass is 19.1. The highest BCUT2D eigenvalue weighted by Gasteiger charge is 2.14. The maximum Gasteiger partial charge on any atom is 0.336 e. The van der Waals surface area contributed by atoms with Crippen LogP contribution in [0.2, 0.25) is 0 Å². The van der Waals surface area contributed by atoms with Crippen LogP contribution in [0.15, 0.2) is 18.2 Å². The van der Waals surface area contributed by atoms with Crippen LogP contribution < -0.4 is 0 Å². The van der Waals surface area contributed by atoms with Gasteiger partial charge < -0.3 is 14.6 Å². The van der Waals surface area contributed by atoms with Crippen LogP contribution in [0.3, 0.4) is 0 Å². The number of methoxy groups -OCH3 is 2. The van der Waals surface area contributed by atoms with Gasteiger partial charge in [0.15, 0.2) is 0 Å². The molecule has 0 saturated carbocycles. The summed E-state index contributed by atoms with van der Waals surface area (Å²) >= 11 is 0. The first kappa shape index (κ1) is 16.6. The fraction of sp³-hybridized carbons (Fsp3) is 0.500. The van der Waals surface area contributed by atoms with E-state index in [0.29, 0.717) is 38.4 Å². The summed E-state index contributed by atoms with van der Waals surface area (Å²) in [5, 5.41) is 9.12. The quantitative estimate of drug-likeness (QED) is 0.747. The number of carbonyl (C=O) groups is 1. The summed E-state index contributed by atoms with van der Waals surface area (Å²) in [6.07, 6.45) is 0. The number of hydrogen-bond acceptors (Lipinski definition) is 4. The molecule has 0 atom stereocenters. The molecule has 0 aliphatic rings. The van der Waals surface area contributed by atoms with E-state index in [9.17, 15) is 9.18 Å². The molecule has 1 aromatic rings. The van der Waals surface area contributed by atoms with Crippen LogP contribution in [0, 0.1) is 5.82 Å². The molecule has 20 heavy (non-hydrogen) atoms. The first-order valence-electron chi connectivity index (χ1n) is 6.30. The van der Waals surface area contributed by atoms with Crippen molar-refractivity contribution in [1.82, 2.24) is 4.90 Å². The van der Waals surface area contributed by atoms with Crippen molar-refractivity contribution in [2.24, 2.45) is 0 Å². The number of carboxylic acid groups (broad SMARTS) is 1. The van der Waals surface area contributed by atoms with Crippen LogP contribution in [-0.4, -0.2) is 56.5 Å². The third-order valence-corrected chi connectivity index (χ3v) is 2.92. The summed E-state index contributed by atoms with van der Waals surface area (Å²) in [5.41, 5.74) is 0.566. The van der Waals surface area contributed by atoms with Crippen molar-refractivity contribution >= 4 is 5.97 Å². The minimum absolute atomic E-state index is 0.00941. The fourth-order valence-electron chi connectivity index (χ4n) is 1.84. The van der Waals surface area contributed by atoms with E-state index < -0.39 is 11.8 Å². The molecule has 0 saturated heterocycles. The molecule has 1 rings (SSSR count). The molecule has 1 aromatic carbocycles. The van der Waals surface area contributed by atoms with Crippen molar-refractivity contribution in [1.29, 1.82) is 0 Å². The zero-order chi connectivity index (χ0) is 15.0. The lowest BCUT2D eigenvalue weighted by Crippen LogP contribution is -2.31. The van der Waals surface area contributed by atoms with Gasteiger partial charge in [-0.25, -0.2) is 9.18 Å². The van der Waals surface area contributed by atoms with Gasteiger partial charge in [-0.2, -0.15) is 0 Å². The number of hydrogen-bond donors (Lipinski definition) is 1. The number of halogens is 1. The van der Waals surface area contributed by atoms with Crippen LogP contribution >= 0.6 is 0 Å². The second kappa shape index (κ2) is 8.63. The van der Waals surface area contributed by atoms with Crippen molar-refractivity contribution < 1.29 is 23.8 Å². The number of rotatable bonds is 9. The van der Waals surface area contributed by atoms with E-state index in [1.54, 1.807) is 14.2 Å². The molecular formula is C14H20FNO4. The van der Waals surface area contributed by atoms with E-state index in [0.717, 1.165) is 6.07 Å². The van der Waals surface area contributed by atoms with Gasteiger partial charge in [0, 0.05) is 33.9 Å². The van der Waals surface area contributed by atoms with E-state index in [1.807, 2.05) is 4.90 Å². The number of nitrogens with zero attached hydrogens (tertiary/aromatic N) is 1. The summed E-state index contributed by atoms with van der Waals surface area (Å²) in [7, 11) is 3.21. The average molecular weight is 285 g/mol. The van der Waals surface area contributed by atoms with Crippen molar-refractivity contribution in [2.45, 2.75) is 6.54 Å². The van der Waals surface area contributed by atoms with Crippen molar-refractivity contribution in [3.05, 3.63) is 35.1 Å². The summed E-state index contributed by atoms with van der Waals surface area (Å²) < 4.78 is 23.2. The van der Waals surface area contributed by atoms with Gasteiger partial charge in [-0.1, -0.05) is 6.07 Å². The van der Waals surface area contributed by atoms with Crippen LogP contribution in [0.25, 0.3) is 0 Å². The summed E-state index contributed by atoms with van der Waals surface area (Å²) in [6.45, 7) is 2.78. The monoisotopic (exact) mass is 285 g/mol. The molecule has 0 aliphatic carbocycles. The Morgan fingerprint density at radius 3 is 2.35 bits per heavy atom. The Morgan fingerprint density at radius 2 is 1.85 bits per heavy atom. The Balaban J connectivity index is 2.83. The second-order valence-corrected chi connectivity index (χ2v) is 4.37. The number of benzene rings is 1. The molecule has 0 spiro atoms. The van der Waals surface area contributed by atoms with Crippen molar-refractivity contribution in [3.8, 4) is 0 Å². The first-order valence-corrected chi connectivity index (χ1v) is 6.30. The highest BCUT2D eigenvalue weighted by molar-refractivity contribution is 5.89. The van der Waals surface area contributed by atoms with E-state index in [1.165, 1.54) is 12.1 Å². The highest BCUT2D eigenvalue weighted by Crippen LogP contribution is 2.14. The molecule has 0 unspecified atom stereocenters. The maximum absolute atomic E-state index is 13.1. The minimum atomic E-state index is -1.13. The maximum atomic E-state index is 13.1. The molecule has 0 amide bonds. The Kier molecular flexibility index (Phi) is 7.14. The molecule has 6 heteroatoms. The largest absolute Gasteiger partial charge is 0.478 e. The Morgan fingerprint density at radius 1 is 1.25 bits per heavy atom. The van der Waals surface area contributed by atoms with Gasteiger partial charge in [0.1, 0.15) is 5.82 Å². The average Bonchev–Trinajstić information content (AvgIpc) is 2.43. The van der Waals surface area contributed by atoms with Crippen molar-refractivity contribution in [2.75, 3.05) is 40.5 Å². The minimum Gasteiger partial charge on any atom is -0.478 e. The zero-order valence-electron chi connectivity index (χ0n) is 11.8. The predicted octanol–water partition coefficient (Wildman–Crippen LogP) is 1.62. The lowest BCUT2D eigenvalue weighted by atomic mass is 10.1. The Bertz CT molecular complexity index is 431. The summed E-state index contributed by atoms with van der Waals surface area (Å²) in [4.78, 5) is 13.2. The van der Waals surface area contributed by atoms with Gasteiger partial charge in [0.2, 0.25) is 0 Å². The number of carboxylic acids is 1. The van der Waals surface area contributed by atoms with E-state index in [-0.39, 0.29) is 5.56 Å². The fourth-order valence-corrected chi connectivity index (χ4v) is 1.84. The molecular weight excluding hydrogens is 265 g/mol.